The van der Waals surface area contributed by atoms with E-state index in [1.54, 1.807) is 19.2 Å². The zero-order chi connectivity index (χ0) is 23.4. The van der Waals surface area contributed by atoms with Gasteiger partial charge < -0.3 is 18.9 Å². The fourth-order valence-corrected chi connectivity index (χ4v) is 5.01. The molecule has 1 aromatic heterocycles. The average molecular weight is 475 g/mol. The zero-order valence-corrected chi connectivity index (χ0v) is 20.7. The van der Waals surface area contributed by atoms with Crippen molar-refractivity contribution < 1.29 is 14.3 Å². The number of likely N-dealkylation sites (tertiary alicyclic amines) is 1. The Balaban J connectivity index is 1.50. The lowest BCUT2D eigenvalue weighted by Gasteiger charge is -2.32. The fraction of sp³-hybridized carbons (Fsp3) is 0.640. The number of methoxy groups -OCH3 is 1. The highest BCUT2D eigenvalue weighted by Crippen LogP contribution is 2.37. The highest BCUT2D eigenvalue weighted by Gasteiger charge is 2.30. The van der Waals surface area contributed by atoms with Gasteiger partial charge in [-0.05, 0) is 50.2 Å². The van der Waals surface area contributed by atoms with Gasteiger partial charge in [-0.3, -0.25) is 4.79 Å². The fourth-order valence-electron chi connectivity index (χ4n) is 4.74. The molecule has 8 heteroatoms. The monoisotopic (exact) mass is 474 g/mol. The molecule has 0 radical (unpaired) electrons. The van der Waals surface area contributed by atoms with Gasteiger partial charge in [0.15, 0.2) is 11.5 Å². The molecule has 1 aromatic carbocycles. The third kappa shape index (κ3) is 5.45. The summed E-state index contributed by atoms with van der Waals surface area (Å²) in [6.07, 6.45) is 7.45. The number of aryl methyl sites for hydroxylation is 1. The van der Waals surface area contributed by atoms with Crippen LogP contribution in [-0.4, -0.2) is 52.4 Å². The Labute approximate surface area is 201 Å². The van der Waals surface area contributed by atoms with Crippen molar-refractivity contribution in [2.45, 2.75) is 71.3 Å². The van der Waals surface area contributed by atoms with Gasteiger partial charge in [-0.1, -0.05) is 31.9 Å². The maximum absolute atomic E-state index is 13.4. The Morgan fingerprint density at radius 3 is 2.82 bits per heavy atom. The second-order valence-electron chi connectivity index (χ2n) is 9.55. The molecule has 0 spiro atoms. The van der Waals surface area contributed by atoms with Crippen LogP contribution in [0.4, 0.5) is 0 Å². The number of ether oxygens (including phenoxy) is 2. The Morgan fingerprint density at radius 2 is 2.03 bits per heavy atom. The first kappa shape index (κ1) is 23.9. The van der Waals surface area contributed by atoms with E-state index in [0.29, 0.717) is 41.2 Å². The number of hydrogen-bond donors (Lipinski definition) is 0. The van der Waals surface area contributed by atoms with Gasteiger partial charge >= 0.3 is 0 Å². The number of halogens is 1. The molecule has 1 fully saturated rings. The van der Waals surface area contributed by atoms with E-state index in [9.17, 15) is 4.79 Å². The maximum Gasteiger partial charge on any atom is 0.254 e. The van der Waals surface area contributed by atoms with Crippen molar-refractivity contribution in [2.75, 3.05) is 26.8 Å². The first-order valence-corrected chi connectivity index (χ1v) is 12.6. The molecule has 1 atom stereocenters. The summed E-state index contributed by atoms with van der Waals surface area (Å²) in [6, 6.07) is 3.44. The number of benzene rings is 1. The van der Waals surface area contributed by atoms with Gasteiger partial charge in [-0.2, -0.15) is 0 Å². The molecule has 2 aliphatic heterocycles. The predicted octanol–water partition coefficient (Wildman–Crippen LogP) is 5.11. The summed E-state index contributed by atoms with van der Waals surface area (Å²) < 4.78 is 13.7. The highest BCUT2D eigenvalue weighted by atomic mass is 35.5. The van der Waals surface area contributed by atoms with Crippen LogP contribution in [0.3, 0.4) is 0 Å². The number of carbonyl (C=O) groups excluding carboxylic acids is 1. The highest BCUT2D eigenvalue weighted by molar-refractivity contribution is 6.32. The SMILES string of the molecule is COc1cc(C(=O)N2CCCC(c3nnc4n3CCCCC4)C2)cc(Cl)c1OCCC(C)C. The molecule has 7 nitrogen and oxygen atoms in total. The van der Waals surface area contributed by atoms with Gasteiger partial charge in [0.05, 0.1) is 18.7 Å². The summed E-state index contributed by atoms with van der Waals surface area (Å²) in [5.41, 5.74) is 0.522. The van der Waals surface area contributed by atoms with Gasteiger partial charge in [0.1, 0.15) is 11.6 Å². The van der Waals surface area contributed by atoms with Crippen LogP contribution in [0.25, 0.3) is 0 Å². The minimum absolute atomic E-state index is 0.0377. The number of fused-ring (bicyclic) bond motifs is 1. The number of rotatable bonds is 7. The molecule has 0 bridgehead atoms. The molecule has 2 aromatic rings. The van der Waals surface area contributed by atoms with Crippen molar-refractivity contribution in [2.24, 2.45) is 5.92 Å². The first-order valence-electron chi connectivity index (χ1n) is 12.2. The second kappa shape index (κ2) is 10.8. The van der Waals surface area contributed by atoms with Crippen LogP contribution in [0.1, 0.15) is 80.3 Å². The van der Waals surface area contributed by atoms with Crippen molar-refractivity contribution in [1.82, 2.24) is 19.7 Å². The van der Waals surface area contributed by atoms with Gasteiger partial charge in [0.2, 0.25) is 0 Å². The third-order valence-corrected chi connectivity index (χ3v) is 6.91. The summed E-state index contributed by atoms with van der Waals surface area (Å²) in [5, 5.41) is 9.40. The lowest BCUT2D eigenvalue weighted by atomic mass is 9.96. The Hall–Kier alpha value is -2.28. The maximum atomic E-state index is 13.4. The van der Waals surface area contributed by atoms with E-state index < -0.39 is 0 Å². The Morgan fingerprint density at radius 1 is 1.18 bits per heavy atom. The Kier molecular flexibility index (Phi) is 7.78. The van der Waals surface area contributed by atoms with Crippen LogP contribution < -0.4 is 9.47 Å². The molecule has 0 aliphatic carbocycles. The molecule has 3 heterocycles. The summed E-state index contributed by atoms with van der Waals surface area (Å²) in [4.78, 5) is 15.3. The second-order valence-corrected chi connectivity index (χ2v) is 9.95. The summed E-state index contributed by atoms with van der Waals surface area (Å²) in [7, 11) is 1.57. The lowest BCUT2D eigenvalue weighted by molar-refractivity contribution is 0.0702. The first-order chi connectivity index (χ1) is 16.0. The number of amides is 1. The molecule has 180 valence electrons. The van der Waals surface area contributed by atoms with E-state index in [1.807, 2.05) is 4.90 Å². The van der Waals surface area contributed by atoms with Gasteiger partial charge in [-0.15, -0.1) is 10.2 Å². The standard InChI is InChI=1S/C25H35ClN4O3/c1-17(2)10-13-33-23-20(26)14-19(15-21(23)32-3)25(31)29-11-7-8-18(16-29)24-28-27-22-9-5-4-6-12-30(22)24/h14-15,17-18H,4-13,16H2,1-3H3. The smallest absolute Gasteiger partial charge is 0.254 e. The minimum atomic E-state index is -0.0377. The van der Waals surface area contributed by atoms with E-state index in [1.165, 1.54) is 12.8 Å². The predicted molar refractivity (Wildman–Crippen MR) is 128 cm³/mol. The van der Waals surface area contributed by atoms with Gasteiger partial charge in [0.25, 0.3) is 5.91 Å². The quantitative estimate of drug-likeness (QED) is 0.557. The molecular formula is C25H35ClN4O3. The molecule has 33 heavy (non-hydrogen) atoms. The van der Waals surface area contributed by atoms with Gasteiger partial charge in [-0.25, -0.2) is 0 Å². The average Bonchev–Trinajstić information content (AvgIpc) is 3.07. The molecule has 1 saturated heterocycles. The van der Waals surface area contributed by atoms with Crippen molar-refractivity contribution in [3.05, 3.63) is 34.4 Å². The molecule has 4 rings (SSSR count). The number of hydrogen-bond acceptors (Lipinski definition) is 5. The molecular weight excluding hydrogens is 440 g/mol. The third-order valence-electron chi connectivity index (χ3n) is 6.63. The largest absolute Gasteiger partial charge is 0.493 e. The summed E-state index contributed by atoms with van der Waals surface area (Å²) in [5.74, 6) is 3.82. The topological polar surface area (TPSA) is 69.5 Å². The molecule has 0 saturated carbocycles. The number of carbonyl (C=O) groups is 1. The molecule has 1 amide bonds. The van der Waals surface area contributed by atoms with E-state index >= 15 is 0 Å². The van der Waals surface area contributed by atoms with Crippen LogP contribution in [0.15, 0.2) is 12.1 Å². The van der Waals surface area contributed by atoms with E-state index in [0.717, 1.165) is 56.8 Å². The van der Waals surface area contributed by atoms with Crippen molar-refractivity contribution in [3.8, 4) is 11.5 Å². The van der Waals surface area contributed by atoms with Crippen LogP contribution in [0, 0.1) is 5.92 Å². The van der Waals surface area contributed by atoms with Crippen LogP contribution in [-0.2, 0) is 13.0 Å². The molecule has 2 aliphatic rings. The summed E-state index contributed by atoms with van der Waals surface area (Å²) in [6.45, 7) is 7.19. The van der Waals surface area contributed by atoms with Crippen LogP contribution >= 0.6 is 11.6 Å². The van der Waals surface area contributed by atoms with E-state index in [2.05, 4.69) is 28.6 Å². The van der Waals surface area contributed by atoms with Crippen LogP contribution in [0.2, 0.25) is 5.02 Å². The number of piperidine rings is 1. The van der Waals surface area contributed by atoms with E-state index in [4.69, 9.17) is 21.1 Å². The number of nitrogens with zero attached hydrogens (tertiary/aromatic N) is 4. The number of aromatic nitrogens is 3. The van der Waals surface area contributed by atoms with Crippen molar-refractivity contribution in [1.29, 1.82) is 0 Å². The van der Waals surface area contributed by atoms with Gasteiger partial charge in [0, 0.05) is 37.5 Å². The van der Waals surface area contributed by atoms with Crippen molar-refractivity contribution >= 4 is 17.5 Å². The zero-order valence-electron chi connectivity index (χ0n) is 20.0. The Bertz CT molecular complexity index is 975. The van der Waals surface area contributed by atoms with Crippen LogP contribution in [0.5, 0.6) is 11.5 Å². The lowest BCUT2D eigenvalue weighted by Crippen LogP contribution is -2.39. The summed E-state index contributed by atoms with van der Waals surface area (Å²) >= 11 is 6.52. The van der Waals surface area contributed by atoms with Crippen molar-refractivity contribution in [3.63, 3.8) is 0 Å². The minimum Gasteiger partial charge on any atom is -0.493 e. The molecule has 0 N–H and O–H groups in total. The van der Waals surface area contributed by atoms with E-state index in [-0.39, 0.29) is 11.8 Å². The molecule has 1 unspecified atom stereocenters. The normalized spacial score (nSPS) is 18.7.